The zero-order valence-corrected chi connectivity index (χ0v) is 14.6. The minimum Gasteiger partial charge on any atom is -0.544 e. The average Bonchev–Trinajstić information content (AvgIpc) is 2.24. The largest absolute Gasteiger partial charge is 0.544 e. The third-order valence-corrected chi connectivity index (χ3v) is 3.64. The highest BCUT2D eigenvalue weighted by molar-refractivity contribution is 6.70. The number of halogens is 1. The summed E-state index contributed by atoms with van der Waals surface area (Å²) in [6.07, 6.45) is 2.22. The summed E-state index contributed by atoms with van der Waals surface area (Å²) in [6.45, 7) is 11.0. The smallest absolute Gasteiger partial charge is 0.242 e. The van der Waals surface area contributed by atoms with Gasteiger partial charge in [-0.25, -0.2) is 0 Å². The van der Waals surface area contributed by atoms with Crippen molar-refractivity contribution in [3.8, 4) is 5.75 Å². The molecule has 4 heteroatoms. The third kappa shape index (κ3) is 7.60. The molecule has 2 N–H and O–H groups in total. The molecule has 0 radical (unpaired) electrons. The normalized spacial score (nSPS) is 13.0. The molecule has 0 aliphatic carbocycles. The Balaban J connectivity index is 0.00000324. The van der Waals surface area contributed by atoms with Crippen molar-refractivity contribution < 1.29 is 4.43 Å². The van der Waals surface area contributed by atoms with E-state index >= 15 is 0 Å². The van der Waals surface area contributed by atoms with E-state index in [1.54, 1.807) is 0 Å². The molecule has 1 aromatic carbocycles. The first-order chi connectivity index (χ1) is 8.28. The maximum Gasteiger partial charge on any atom is 0.242 e. The van der Waals surface area contributed by atoms with E-state index in [0.29, 0.717) is 5.92 Å². The van der Waals surface area contributed by atoms with E-state index in [-0.39, 0.29) is 18.4 Å². The summed E-state index contributed by atoms with van der Waals surface area (Å²) in [5, 5.41) is 0. The van der Waals surface area contributed by atoms with Crippen LogP contribution < -0.4 is 10.2 Å². The van der Waals surface area contributed by atoms with Gasteiger partial charge in [-0.05, 0) is 56.1 Å². The molecule has 0 heterocycles. The van der Waals surface area contributed by atoms with E-state index in [1.165, 1.54) is 12.0 Å². The van der Waals surface area contributed by atoms with E-state index in [4.69, 9.17) is 10.2 Å². The molecule has 0 bridgehead atoms. The minimum atomic E-state index is -1.50. The quantitative estimate of drug-likeness (QED) is 0.769. The van der Waals surface area contributed by atoms with Gasteiger partial charge in [0.05, 0.1) is 0 Å². The van der Waals surface area contributed by atoms with Crippen molar-refractivity contribution in [1.82, 2.24) is 0 Å². The second-order valence-electron chi connectivity index (χ2n) is 6.36. The Morgan fingerprint density at radius 3 is 2.00 bits per heavy atom. The van der Waals surface area contributed by atoms with Gasteiger partial charge < -0.3 is 10.2 Å². The zero-order chi connectivity index (χ0) is 13.8. The van der Waals surface area contributed by atoms with Gasteiger partial charge in [0.1, 0.15) is 5.75 Å². The molecule has 1 atom stereocenters. The molecule has 0 aliphatic rings. The number of rotatable bonds is 6. The van der Waals surface area contributed by atoms with Crippen LogP contribution in [0.5, 0.6) is 5.75 Å². The lowest BCUT2D eigenvalue weighted by Gasteiger charge is -2.20. The molecule has 0 spiro atoms. The second kappa shape index (κ2) is 7.93. The number of nitrogens with two attached hydrogens (primary N) is 1. The summed E-state index contributed by atoms with van der Waals surface area (Å²) in [6, 6.07) is 8.43. The molecular formula is C15H28ClNOSi. The third-order valence-electron chi connectivity index (χ3n) is 2.79. The molecule has 0 amide bonds. The molecule has 0 aromatic heterocycles. The molecule has 0 saturated heterocycles. The van der Waals surface area contributed by atoms with Gasteiger partial charge in [-0.3, -0.25) is 0 Å². The van der Waals surface area contributed by atoms with Crippen LogP contribution in [0.2, 0.25) is 19.6 Å². The Kier molecular flexibility index (Phi) is 7.71. The van der Waals surface area contributed by atoms with Gasteiger partial charge in [0, 0.05) is 6.04 Å². The predicted octanol–water partition coefficient (Wildman–Crippen LogP) is 4.76. The van der Waals surface area contributed by atoms with E-state index < -0.39 is 8.32 Å². The van der Waals surface area contributed by atoms with Crippen molar-refractivity contribution in [1.29, 1.82) is 0 Å². The lowest BCUT2D eigenvalue weighted by molar-refractivity contribution is 0.506. The van der Waals surface area contributed by atoms with Crippen LogP contribution in [0.25, 0.3) is 0 Å². The molecule has 0 aliphatic heterocycles. The summed E-state index contributed by atoms with van der Waals surface area (Å²) in [5.74, 6) is 1.68. The summed E-state index contributed by atoms with van der Waals surface area (Å²) in [4.78, 5) is 0. The minimum absolute atomic E-state index is 0. The first-order valence-electron chi connectivity index (χ1n) is 6.82. The first-order valence-corrected chi connectivity index (χ1v) is 10.2. The van der Waals surface area contributed by atoms with Gasteiger partial charge in [0.15, 0.2) is 0 Å². The number of hydrogen-bond donors (Lipinski definition) is 1. The highest BCUT2D eigenvalue weighted by atomic mass is 35.5. The van der Waals surface area contributed by atoms with Crippen LogP contribution in [0.3, 0.4) is 0 Å². The maximum atomic E-state index is 6.19. The van der Waals surface area contributed by atoms with Gasteiger partial charge in [0.25, 0.3) is 0 Å². The van der Waals surface area contributed by atoms with Gasteiger partial charge >= 0.3 is 0 Å². The van der Waals surface area contributed by atoms with Crippen LogP contribution in [-0.2, 0) is 0 Å². The Bertz CT molecular complexity index is 359. The first kappa shape index (κ1) is 18.5. The molecule has 19 heavy (non-hydrogen) atoms. The standard InChI is InChI=1S/C15H27NOSi.ClH/c1-12(2)6-11-15(16)13-7-9-14(10-8-13)17-18(3,4)5;/h7-10,12,15H,6,11,16H2,1-5H3;1H/t15-;/m1./s1. The second-order valence-corrected chi connectivity index (χ2v) is 10.8. The van der Waals surface area contributed by atoms with Crippen molar-refractivity contribution in [2.45, 2.75) is 52.4 Å². The summed E-state index contributed by atoms with van der Waals surface area (Å²) >= 11 is 0. The van der Waals surface area contributed by atoms with Crippen LogP contribution in [-0.4, -0.2) is 8.32 Å². The maximum absolute atomic E-state index is 6.19. The van der Waals surface area contributed by atoms with Crippen molar-refractivity contribution >= 4 is 20.7 Å². The fourth-order valence-corrected chi connectivity index (χ4v) is 2.66. The highest BCUT2D eigenvalue weighted by Crippen LogP contribution is 2.22. The van der Waals surface area contributed by atoms with E-state index in [9.17, 15) is 0 Å². The summed E-state index contributed by atoms with van der Waals surface area (Å²) in [5.41, 5.74) is 7.40. The summed E-state index contributed by atoms with van der Waals surface area (Å²) < 4.78 is 5.93. The van der Waals surface area contributed by atoms with Crippen LogP contribution >= 0.6 is 12.4 Å². The molecular weight excluding hydrogens is 274 g/mol. The monoisotopic (exact) mass is 301 g/mol. The Morgan fingerprint density at radius 2 is 1.58 bits per heavy atom. The van der Waals surface area contributed by atoms with Crippen molar-refractivity contribution in [3.05, 3.63) is 29.8 Å². The molecule has 2 nitrogen and oxygen atoms in total. The molecule has 0 unspecified atom stereocenters. The highest BCUT2D eigenvalue weighted by Gasteiger charge is 2.16. The van der Waals surface area contributed by atoms with E-state index in [1.807, 2.05) is 12.1 Å². The molecule has 1 aromatic rings. The molecule has 0 saturated carbocycles. The van der Waals surface area contributed by atoms with Gasteiger partial charge in [-0.2, -0.15) is 0 Å². The van der Waals surface area contributed by atoms with Crippen LogP contribution in [0, 0.1) is 5.92 Å². The lowest BCUT2D eigenvalue weighted by Crippen LogP contribution is -2.29. The zero-order valence-electron chi connectivity index (χ0n) is 12.8. The summed E-state index contributed by atoms with van der Waals surface area (Å²) in [7, 11) is -1.50. The van der Waals surface area contributed by atoms with E-state index in [2.05, 4.69) is 45.6 Å². The van der Waals surface area contributed by atoms with Crippen molar-refractivity contribution in [3.63, 3.8) is 0 Å². The Morgan fingerprint density at radius 1 is 1.05 bits per heavy atom. The fourth-order valence-electron chi connectivity index (χ4n) is 1.82. The topological polar surface area (TPSA) is 35.2 Å². The fraction of sp³-hybridized carbons (Fsp3) is 0.600. The van der Waals surface area contributed by atoms with Crippen molar-refractivity contribution in [2.24, 2.45) is 11.7 Å². The molecule has 1 rings (SSSR count). The van der Waals surface area contributed by atoms with Crippen LogP contribution in [0.1, 0.15) is 38.3 Å². The van der Waals surface area contributed by atoms with Crippen LogP contribution in [0.4, 0.5) is 0 Å². The van der Waals surface area contributed by atoms with Crippen LogP contribution in [0.15, 0.2) is 24.3 Å². The Labute approximate surface area is 125 Å². The molecule has 0 fully saturated rings. The van der Waals surface area contributed by atoms with E-state index in [0.717, 1.165) is 12.2 Å². The van der Waals surface area contributed by atoms with Gasteiger partial charge in [-0.1, -0.05) is 26.0 Å². The average molecular weight is 302 g/mol. The lowest BCUT2D eigenvalue weighted by atomic mass is 9.98. The SMILES string of the molecule is CC(C)CC[C@@H](N)c1ccc(O[Si](C)(C)C)cc1.Cl. The van der Waals surface area contributed by atoms with Gasteiger partial charge in [0.2, 0.25) is 8.32 Å². The number of benzene rings is 1. The van der Waals surface area contributed by atoms with Crippen molar-refractivity contribution in [2.75, 3.05) is 0 Å². The number of hydrogen-bond acceptors (Lipinski definition) is 2. The predicted molar refractivity (Wildman–Crippen MR) is 88.7 cm³/mol. The van der Waals surface area contributed by atoms with Gasteiger partial charge in [-0.15, -0.1) is 12.4 Å². The Hall–Kier alpha value is -0.513. The molecule has 110 valence electrons.